The first-order valence-electron chi connectivity index (χ1n) is 5.86. The van der Waals surface area contributed by atoms with E-state index in [4.69, 9.17) is 5.11 Å². The van der Waals surface area contributed by atoms with Crippen molar-refractivity contribution < 1.29 is 19.8 Å². The number of carboxylic acids is 2. The van der Waals surface area contributed by atoms with Gasteiger partial charge >= 0.3 is 11.9 Å². The lowest BCUT2D eigenvalue weighted by Crippen LogP contribution is -2.40. The van der Waals surface area contributed by atoms with Crippen molar-refractivity contribution in [2.75, 3.05) is 13.1 Å². The molecule has 0 radical (unpaired) electrons. The van der Waals surface area contributed by atoms with Crippen molar-refractivity contribution in [3.63, 3.8) is 0 Å². The van der Waals surface area contributed by atoms with E-state index in [0.717, 1.165) is 17.5 Å². The molecule has 2 rings (SSSR count). The average molecular weight is 249 g/mol. The molecule has 1 atom stereocenters. The Morgan fingerprint density at radius 1 is 1.28 bits per heavy atom. The van der Waals surface area contributed by atoms with Gasteiger partial charge in [0.25, 0.3) is 0 Å². The first kappa shape index (κ1) is 12.6. The van der Waals surface area contributed by atoms with Gasteiger partial charge in [0.15, 0.2) is 0 Å². The highest BCUT2D eigenvalue weighted by Gasteiger charge is 2.32. The third kappa shape index (κ3) is 2.51. The van der Waals surface area contributed by atoms with Crippen LogP contribution in [0.2, 0.25) is 0 Å². The van der Waals surface area contributed by atoms with Gasteiger partial charge in [-0.25, -0.2) is 0 Å². The van der Waals surface area contributed by atoms with Crippen LogP contribution in [0.1, 0.15) is 23.6 Å². The molecule has 0 aliphatic carbocycles. The van der Waals surface area contributed by atoms with Gasteiger partial charge in [0.2, 0.25) is 0 Å². The lowest BCUT2D eigenvalue weighted by molar-refractivity contribution is -0.145. The van der Waals surface area contributed by atoms with Gasteiger partial charge in [-0.05, 0) is 17.5 Å². The number of carbonyl (C=O) groups is 2. The second-order valence-electron chi connectivity index (χ2n) is 4.37. The molecule has 0 amide bonds. The summed E-state index contributed by atoms with van der Waals surface area (Å²) in [6.45, 7) is 0.849. The van der Waals surface area contributed by atoms with E-state index < -0.39 is 18.0 Å². The van der Waals surface area contributed by atoms with E-state index in [1.807, 2.05) is 18.2 Å². The molecule has 2 N–H and O–H groups in total. The Balaban J connectivity index is 2.24. The maximum atomic E-state index is 11.4. The van der Waals surface area contributed by atoms with Crippen LogP contribution in [0.4, 0.5) is 0 Å². The molecule has 1 aromatic rings. The molecule has 96 valence electrons. The number of fused-ring (bicyclic) bond motifs is 1. The largest absolute Gasteiger partial charge is 0.481 e. The van der Waals surface area contributed by atoms with Gasteiger partial charge < -0.3 is 10.2 Å². The fourth-order valence-electron chi connectivity index (χ4n) is 2.39. The maximum Gasteiger partial charge on any atom is 0.325 e. The SMILES string of the molecule is O=C(O)CCN1CCc2ccccc2C1C(=O)O. The molecule has 0 saturated heterocycles. The molecule has 0 bridgehead atoms. The number of carboxylic acid groups (broad SMARTS) is 2. The lowest BCUT2D eigenvalue weighted by atomic mass is 9.92. The predicted molar refractivity (Wildman–Crippen MR) is 64.3 cm³/mol. The van der Waals surface area contributed by atoms with Crippen LogP contribution in [-0.4, -0.2) is 40.1 Å². The third-order valence-corrected chi connectivity index (χ3v) is 3.23. The fourth-order valence-corrected chi connectivity index (χ4v) is 2.39. The number of hydrogen-bond acceptors (Lipinski definition) is 3. The zero-order valence-electron chi connectivity index (χ0n) is 9.87. The number of benzene rings is 1. The van der Waals surface area contributed by atoms with Crippen molar-refractivity contribution >= 4 is 11.9 Å². The highest BCUT2D eigenvalue weighted by atomic mass is 16.4. The molecule has 1 unspecified atom stereocenters. The van der Waals surface area contributed by atoms with Crippen molar-refractivity contribution in [1.82, 2.24) is 4.90 Å². The summed E-state index contributed by atoms with van der Waals surface area (Å²) in [6.07, 6.45) is 0.728. The van der Waals surface area contributed by atoms with Crippen LogP contribution in [-0.2, 0) is 16.0 Å². The average Bonchev–Trinajstić information content (AvgIpc) is 2.35. The Kier molecular flexibility index (Phi) is 3.62. The van der Waals surface area contributed by atoms with Crippen LogP contribution < -0.4 is 0 Å². The van der Waals surface area contributed by atoms with Gasteiger partial charge in [-0.2, -0.15) is 0 Å². The van der Waals surface area contributed by atoms with Gasteiger partial charge in [-0.1, -0.05) is 24.3 Å². The molecule has 18 heavy (non-hydrogen) atoms. The molecule has 0 aromatic heterocycles. The predicted octanol–water partition coefficient (Wildman–Crippen LogP) is 1.15. The molecule has 1 aromatic carbocycles. The van der Waals surface area contributed by atoms with Crippen molar-refractivity contribution in [3.8, 4) is 0 Å². The number of hydrogen-bond donors (Lipinski definition) is 2. The number of aliphatic carboxylic acids is 2. The minimum absolute atomic E-state index is 0.0358. The molecule has 1 aliphatic heterocycles. The minimum atomic E-state index is -0.924. The molecule has 1 heterocycles. The first-order valence-corrected chi connectivity index (χ1v) is 5.86. The van der Waals surface area contributed by atoms with E-state index in [1.165, 1.54) is 0 Å². The molecule has 5 nitrogen and oxygen atoms in total. The Labute approximate surface area is 105 Å². The number of nitrogens with zero attached hydrogens (tertiary/aromatic N) is 1. The standard InChI is InChI=1S/C13H15NO4/c15-11(16)6-8-14-7-5-9-3-1-2-4-10(9)12(14)13(17)18/h1-4,12H,5-8H2,(H,15,16)(H,17,18). The second kappa shape index (κ2) is 5.18. The van der Waals surface area contributed by atoms with E-state index in [0.29, 0.717) is 6.54 Å². The van der Waals surface area contributed by atoms with E-state index in [1.54, 1.807) is 11.0 Å². The van der Waals surface area contributed by atoms with Gasteiger partial charge in [0.1, 0.15) is 6.04 Å². The third-order valence-electron chi connectivity index (χ3n) is 3.23. The summed E-state index contributed by atoms with van der Waals surface area (Å²) in [7, 11) is 0. The number of rotatable bonds is 4. The van der Waals surface area contributed by atoms with E-state index in [-0.39, 0.29) is 13.0 Å². The van der Waals surface area contributed by atoms with Gasteiger partial charge in [-0.3, -0.25) is 14.5 Å². The molecule has 5 heteroatoms. The molecular formula is C13H15NO4. The monoisotopic (exact) mass is 249 g/mol. The Bertz CT molecular complexity index is 472. The van der Waals surface area contributed by atoms with Crippen LogP contribution in [0, 0.1) is 0 Å². The van der Waals surface area contributed by atoms with Gasteiger partial charge in [0, 0.05) is 13.1 Å². The zero-order valence-corrected chi connectivity index (χ0v) is 9.87. The van der Waals surface area contributed by atoms with Crippen molar-refractivity contribution in [1.29, 1.82) is 0 Å². The van der Waals surface area contributed by atoms with Crippen LogP contribution >= 0.6 is 0 Å². The lowest BCUT2D eigenvalue weighted by Gasteiger charge is -2.34. The van der Waals surface area contributed by atoms with Crippen LogP contribution in [0.5, 0.6) is 0 Å². The highest BCUT2D eigenvalue weighted by Crippen LogP contribution is 2.29. The van der Waals surface area contributed by atoms with Crippen LogP contribution in [0.3, 0.4) is 0 Å². The summed E-state index contributed by atoms with van der Waals surface area (Å²) < 4.78 is 0. The van der Waals surface area contributed by atoms with Gasteiger partial charge in [-0.15, -0.1) is 0 Å². The molecular weight excluding hydrogens is 234 g/mol. The first-order chi connectivity index (χ1) is 8.59. The maximum absolute atomic E-state index is 11.4. The Hall–Kier alpha value is -1.88. The van der Waals surface area contributed by atoms with Crippen molar-refractivity contribution in [2.45, 2.75) is 18.9 Å². The summed E-state index contributed by atoms with van der Waals surface area (Å²) >= 11 is 0. The Morgan fingerprint density at radius 2 is 2.00 bits per heavy atom. The second-order valence-corrected chi connectivity index (χ2v) is 4.37. The van der Waals surface area contributed by atoms with E-state index in [9.17, 15) is 14.7 Å². The van der Waals surface area contributed by atoms with Crippen molar-refractivity contribution in [3.05, 3.63) is 35.4 Å². The topological polar surface area (TPSA) is 77.8 Å². The fraction of sp³-hybridized carbons (Fsp3) is 0.385. The van der Waals surface area contributed by atoms with E-state index in [2.05, 4.69) is 0 Å². The molecule has 0 saturated carbocycles. The molecule has 1 aliphatic rings. The summed E-state index contributed by atoms with van der Waals surface area (Å²) in [5, 5.41) is 18.0. The zero-order chi connectivity index (χ0) is 13.1. The summed E-state index contributed by atoms with van der Waals surface area (Å²) in [4.78, 5) is 23.7. The van der Waals surface area contributed by atoms with Crippen LogP contribution in [0.15, 0.2) is 24.3 Å². The summed E-state index contributed by atoms with van der Waals surface area (Å²) in [5.74, 6) is -1.83. The summed E-state index contributed by atoms with van der Waals surface area (Å²) in [6, 6.07) is 6.72. The van der Waals surface area contributed by atoms with Crippen LogP contribution in [0.25, 0.3) is 0 Å². The quantitative estimate of drug-likeness (QED) is 0.836. The molecule has 0 spiro atoms. The normalized spacial score (nSPS) is 19.2. The smallest absolute Gasteiger partial charge is 0.325 e. The molecule has 0 fully saturated rings. The minimum Gasteiger partial charge on any atom is -0.481 e. The summed E-state index contributed by atoms with van der Waals surface area (Å²) in [5.41, 5.74) is 1.82. The highest BCUT2D eigenvalue weighted by molar-refractivity contribution is 5.76. The Morgan fingerprint density at radius 3 is 2.67 bits per heavy atom. The van der Waals surface area contributed by atoms with Crippen molar-refractivity contribution in [2.24, 2.45) is 0 Å². The van der Waals surface area contributed by atoms with E-state index >= 15 is 0 Å². The van der Waals surface area contributed by atoms with Gasteiger partial charge in [0.05, 0.1) is 6.42 Å².